The molecule has 1 heterocycles. The highest BCUT2D eigenvalue weighted by atomic mass is 35.5. The van der Waals surface area contributed by atoms with Crippen molar-refractivity contribution in [3.8, 4) is 11.3 Å². The zero-order valence-corrected chi connectivity index (χ0v) is 9.92. The average Bonchev–Trinajstić information content (AvgIpc) is 2.65. The van der Waals surface area contributed by atoms with Crippen LogP contribution in [0.15, 0.2) is 36.5 Å². The maximum atomic E-state index is 5.71. The van der Waals surface area contributed by atoms with E-state index in [2.05, 4.69) is 5.10 Å². The molecule has 0 radical (unpaired) electrons. The summed E-state index contributed by atoms with van der Waals surface area (Å²) in [7, 11) is 1.91. The normalized spacial score (nSPS) is 9.73. The van der Waals surface area contributed by atoms with Crippen molar-refractivity contribution in [1.29, 1.82) is 0 Å². The lowest BCUT2D eigenvalue weighted by Crippen LogP contribution is -1.88. The van der Waals surface area contributed by atoms with Crippen molar-refractivity contribution < 1.29 is 0 Å². The van der Waals surface area contributed by atoms with Gasteiger partial charge in [0.05, 0.1) is 5.69 Å². The summed E-state index contributed by atoms with van der Waals surface area (Å²) in [5.74, 6) is 0.558. The monoisotopic (exact) mass is 242 g/mol. The topological polar surface area (TPSA) is 17.8 Å². The Bertz CT molecular complexity index is 420. The minimum Gasteiger partial charge on any atom is -0.275 e. The Morgan fingerprint density at radius 2 is 1.87 bits per heavy atom. The van der Waals surface area contributed by atoms with Crippen molar-refractivity contribution >= 4 is 24.0 Å². The van der Waals surface area contributed by atoms with Gasteiger partial charge in [-0.15, -0.1) is 24.0 Å². The summed E-state index contributed by atoms with van der Waals surface area (Å²) in [5, 5.41) is 4.32. The number of halogens is 2. The molecule has 0 atom stereocenters. The summed E-state index contributed by atoms with van der Waals surface area (Å²) >= 11 is 5.71. The van der Waals surface area contributed by atoms with Crippen LogP contribution in [0.25, 0.3) is 11.3 Å². The molecule has 80 valence electrons. The van der Waals surface area contributed by atoms with Gasteiger partial charge in [-0.1, -0.05) is 24.3 Å². The lowest BCUT2D eigenvalue weighted by molar-refractivity contribution is 0.771. The van der Waals surface area contributed by atoms with E-state index in [9.17, 15) is 0 Å². The Morgan fingerprint density at radius 1 is 1.20 bits per heavy atom. The fourth-order valence-corrected chi connectivity index (χ4v) is 1.51. The molecular formula is C11H12Cl2N2. The van der Waals surface area contributed by atoms with Gasteiger partial charge in [0.2, 0.25) is 0 Å². The number of rotatable bonds is 2. The maximum absolute atomic E-state index is 5.71. The summed E-state index contributed by atoms with van der Waals surface area (Å²) in [6, 6.07) is 10.1. The second kappa shape index (κ2) is 5.19. The number of benzene rings is 1. The first kappa shape index (κ1) is 12.1. The Morgan fingerprint density at radius 3 is 2.33 bits per heavy atom. The summed E-state index contributed by atoms with van der Waals surface area (Å²) in [6.45, 7) is 0. The van der Waals surface area contributed by atoms with Crippen LogP contribution in [-0.4, -0.2) is 9.78 Å². The van der Waals surface area contributed by atoms with Gasteiger partial charge in [-0.25, -0.2) is 0 Å². The van der Waals surface area contributed by atoms with Crippen LogP contribution in [0.4, 0.5) is 0 Å². The first-order valence-corrected chi connectivity index (χ1v) is 4.98. The first-order valence-electron chi connectivity index (χ1n) is 4.44. The lowest BCUT2D eigenvalue weighted by atomic mass is 10.1. The second-order valence-electron chi connectivity index (χ2n) is 3.21. The van der Waals surface area contributed by atoms with Crippen molar-refractivity contribution in [3.05, 3.63) is 42.1 Å². The molecule has 2 aromatic rings. The average molecular weight is 243 g/mol. The quantitative estimate of drug-likeness (QED) is 0.740. The molecule has 0 bridgehead atoms. The molecule has 1 aromatic carbocycles. The molecule has 4 heteroatoms. The summed E-state index contributed by atoms with van der Waals surface area (Å²) in [4.78, 5) is 0. The molecule has 15 heavy (non-hydrogen) atoms. The number of nitrogens with zero attached hydrogens (tertiary/aromatic N) is 2. The van der Waals surface area contributed by atoms with E-state index in [1.165, 1.54) is 0 Å². The van der Waals surface area contributed by atoms with Gasteiger partial charge in [0.15, 0.2) is 0 Å². The Labute approximate surface area is 100 Å². The van der Waals surface area contributed by atoms with Crippen LogP contribution in [-0.2, 0) is 12.9 Å². The molecule has 0 spiro atoms. The van der Waals surface area contributed by atoms with Gasteiger partial charge < -0.3 is 0 Å². The van der Waals surface area contributed by atoms with E-state index in [4.69, 9.17) is 11.6 Å². The van der Waals surface area contributed by atoms with Crippen LogP contribution in [0.3, 0.4) is 0 Å². The van der Waals surface area contributed by atoms with E-state index in [-0.39, 0.29) is 12.4 Å². The molecule has 0 saturated heterocycles. The molecule has 0 saturated carbocycles. The van der Waals surface area contributed by atoms with Crippen molar-refractivity contribution in [2.75, 3.05) is 0 Å². The fourth-order valence-electron chi connectivity index (χ4n) is 1.33. The third-order valence-electron chi connectivity index (χ3n) is 2.12. The van der Waals surface area contributed by atoms with Gasteiger partial charge in [-0.3, -0.25) is 4.68 Å². The van der Waals surface area contributed by atoms with Gasteiger partial charge >= 0.3 is 0 Å². The number of aryl methyl sites for hydroxylation is 1. The van der Waals surface area contributed by atoms with Crippen molar-refractivity contribution in [1.82, 2.24) is 9.78 Å². The molecule has 0 N–H and O–H groups in total. The Hall–Kier alpha value is -0.990. The molecular weight excluding hydrogens is 231 g/mol. The Balaban J connectivity index is 0.00000112. The molecule has 0 aliphatic heterocycles. The van der Waals surface area contributed by atoms with Crippen LogP contribution in [0, 0.1) is 0 Å². The molecule has 2 nitrogen and oxygen atoms in total. The second-order valence-corrected chi connectivity index (χ2v) is 3.47. The van der Waals surface area contributed by atoms with Crippen LogP contribution >= 0.6 is 24.0 Å². The highest BCUT2D eigenvalue weighted by molar-refractivity contribution is 6.17. The lowest BCUT2D eigenvalue weighted by Gasteiger charge is -1.98. The van der Waals surface area contributed by atoms with Crippen LogP contribution < -0.4 is 0 Å². The van der Waals surface area contributed by atoms with Crippen LogP contribution in [0.1, 0.15) is 5.56 Å². The zero-order chi connectivity index (χ0) is 9.97. The zero-order valence-electron chi connectivity index (χ0n) is 8.35. The standard InChI is InChI=1S/C11H11ClN2.ClH/c1-14-7-6-11(13-14)10-4-2-9(8-12)3-5-10;/h2-7H,8H2,1H3;1H. The maximum Gasteiger partial charge on any atom is 0.0923 e. The number of alkyl halides is 1. The van der Waals surface area contributed by atoms with E-state index in [0.717, 1.165) is 16.8 Å². The van der Waals surface area contributed by atoms with Crippen LogP contribution in [0.5, 0.6) is 0 Å². The van der Waals surface area contributed by atoms with E-state index in [1.807, 2.05) is 43.6 Å². The predicted octanol–water partition coefficient (Wildman–Crippen LogP) is 3.25. The Kier molecular flexibility index (Phi) is 4.18. The van der Waals surface area contributed by atoms with Gasteiger partial charge in [-0.2, -0.15) is 5.10 Å². The first-order chi connectivity index (χ1) is 6.79. The van der Waals surface area contributed by atoms with Gasteiger partial charge in [0.1, 0.15) is 0 Å². The predicted molar refractivity (Wildman–Crippen MR) is 65.4 cm³/mol. The van der Waals surface area contributed by atoms with Gasteiger partial charge in [-0.05, 0) is 11.6 Å². The molecule has 0 aliphatic carbocycles. The summed E-state index contributed by atoms with van der Waals surface area (Å²) < 4.78 is 1.80. The smallest absolute Gasteiger partial charge is 0.0923 e. The highest BCUT2D eigenvalue weighted by Crippen LogP contribution is 2.17. The van der Waals surface area contributed by atoms with Gasteiger partial charge in [0.25, 0.3) is 0 Å². The van der Waals surface area contributed by atoms with E-state index < -0.39 is 0 Å². The molecule has 0 fully saturated rings. The minimum absolute atomic E-state index is 0. The van der Waals surface area contributed by atoms with E-state index >= 15 is 0 Å². The third-order valence-corrected chi connectivity index (χ3v) is 2.43. The summed E-state index contributed by atoms with van der Waals surface area (Å²) in [5.41, 5.74) is 3.25. The number of hydrogen-bond acceptors (Lipinski definition) is 1. The van der Waals surface area contributed by atoms with Gasteiger partial charge in [0, 0.05) is 24.7 Å². The van der Waals surface area contributed by atoms with E-state index in [0.29, 0.717) is 5.88 Å². The van der Waals surface area contributed by atoms with Crippen molar-refractivity contribution in [2.45, 2.75) is 5.88 Å². The molecule has 0 amide bonds. The molecule has 1 aromatic heterocycles. The van der Waals surface area contributed by atoms with Crippen molar-refractivity contribution in [3.63, 3.8) is 0 Å². The van der Waals surface area contributed by atoms with Crippen molar-refractivity contribution in [2.24, 2.45) is 7.05 Å². The van der Waals surface area contributed by atoms with Crippen LogP contribution in [0.2, 0.25) is 0 Å². The number of aromatic nitrogens is 2. The SMILES string of the molecule is Cl.Cn1ccc(-c2ccc(CCl)cc2)n1. The molecule has 0 aliphatic rings. The number of hydrogen-bond donors (Lipinski definition) is 0. The minimum atomic E-state index is 0. The summed E-state index contributed by atoms with van der Waals surface area (Å²) in [6.07, 6.45) is 1.94. The highest BCUT2D eigenvalue weighted by Gasteiger charge is 2.00. The molecule has 2 rings (SSSR count). The largest absolute Gasteiger partial charge is 0.275 e. The van der Waals surface area contributed by atoms with E-state index in [1.54, 1.807) is 4.68 Å². The molecule has 0 unspecified atom stereocenters. The fraction of sp³-hybridized carbons (Fsp3) is 0.182. The third kappa shape index (κ3) is 2.74.